The van der Waals surface area contributed by atoms with Crippen LogP contribution in [0.4, 0.5) is 0 Å². The van der Waals surface area contributed by atoms with E-state index in [1.807, 2.05) is 38.3 Å². The molecule has 1 saturated carbocycles. The SMILES string of the molecule is CC1CC/C(=C/N(C)C)C1=O.CC1CCc2cnoc21. The topological polar surface area (TPSA) is 46.3 Å². The van der Waals surface area contributed by atoms with Crippen molar-refractivity contribution < 1.29 is 9.32 Å². The molecule has 0 amide bonds. The van der Waals surface area contributed by atoms with Gasteiger partial charge in [-0.05, 0) is 25.7 Å². The summed E-state index contributed by atoms with van der Waals surface area (Å²) in [6.07, 6.45) is 8.14. The number of nitrogens with zero attached hydrogens (tertiary/aromatic N) is 2. The van der Waals surface area contributed by atoms with Crippen LogP contribution < -0.4 is 0 Å². The van der Waals surface area contributed by atoms with Gasteiger partial charge in [-0.1, -0.05) is 19.0 Å². The Hall–Kier alpha value is -1.58. The van der Waals surface area contributed by atoms with Gasteiger partial charge in [0.1, 0.15) is 5.76 Å². The standard InChI is InChI=1S/C9H15NO.C7H9NO/c1-7-4-5-8(9(7)11)6-10(2)3;1-5-2-3-6-4-8-9-7(5)6/h6-7H,4-5H2,1-3H3;4-5H,2-3H2,1H3/b8-6-;. The molecule has 0 spiro atoms. The molecule has 110 valence electrons. The maximum atomic E-state index is 11.3. The molecule has 2 unspecified atom stereocenters. The van der Waals surface area contributed by atoms with Gasteiger partial charge >= 0.3 is 0 Å². The molecular weight excluding hydrogens is 252 g/mol. The number of allylic oxidation sites excluding steroid dienone is 1. The Labute approximate surface area is 120 Å². The lowest BCUT2D eigenvalue weighted by molar-refractivity contribution is -0.117. The molecule has 1 aromatic heterocycles. The number of ketones is 1. The molecule has 3 rings (SSSR count). The highest BCUT2D eigenvalue weighted by molar-refractivity contribution is 5.98. The molecule has 0 N–H and O–H groups in total. The van der Waals surface area contributed by atoms with Crippen molar-refractivity contribution in [1.82, 2.24) is 10.1 Å². The van der Waals surface area contributed by atoms with Crippen molar-refractivity contribution in [2.24, 2.45) is 5.92 Å². The van der Waals surface area contributed by atoms with Gasteiger partial charge in [0, 0.05) is 43.3 Å². The number of hydrogen-bond donors (Lipinski definition) is 0. The van der Waals surface area contributed by atoms with E-state index in [0.717, 1.165) is 30.6 Å². The lowest BCUT2D eigenvalue weighted by Crippen LogP contribution is -2.08. The van der Waals surface area contributed by atoms with Gasteiger partial charge in [0.2, 0.25) is 0 Å². The zero-order valence-corrected chi connectivity index (χ0v) is 12.8. The summed E-state index contributed by atoms with van der Waals surface area (Å²) >= 11 is 0. The fraction of sp³-hybridized carbons (Fsp3) is 0.625. The van der Waals surface area contributed by atoms with E-state index in [9.17, 15) is 4.79 Å². The number of aryl methyl sites for hydroxylation is 1. The molecule has 4 heteroatoms. The number of Topliss-reactive ketones (excluding diaryl/α,β-unsaturated/α-hetero) is 1. The summed E-state index contributed by atoms with van der Waals surface area (Å²) in [5.74, 6) is 2.29. The maximum Gasteiger partial charge on any atom is 0.163 e. The monoisotopic (exact) mass is 276 g/mol. The number of carbonyl (C=O) groups is 1. The summed E-state index contributed by atoms with van der Waals surface area (Å²) in [6.45, 7) is 4.18. The van der Waals surface area contributed by atoms with Gasteiger partial charge in [0.25, 0.3) is 0 Å². The first-order valence-electron chi connectivity index (χ1n) is 7.33. The second-order valence-electron chi connectivity index (χ2n) is 6.08. The summed E-state index contributed by atoms with van der Waals surface area (Å²) in [5.41, 5.74) is 2.30. The summed E-state index contributed by atoms with van der Waals surface area (Å²) in [6, 6.07) is 0. The smallest absolute Gasteiger partial charge is 0.163 e. The molecule has 4 nitrogen and oxygen atoms in total. The minimum Gasteiger partial charge on any atom is -0.383 e. The highest BCUT2D eigenvalue weighted by Crippen LogP contribution is 2.31. The molecule has 2 atom stereocenters. The molecule has 0 saturated heterocycles. The van der Waals surface area contributed by atoms with E-state index in [1.165, 1.54) is 12.0 Å². The van der Waals surface area contributed by atoms with E-state index in [4.69, 9.17) is 4.52 Å². The van der Waals surface area contributed by atoms with Crippen molar-refractivity contribution in [3.63, 3.8) is 0 Å². The Kier molecular flexibility index (Phi) is 4.63. The Morgan fingerprint density at radius 2 is 1.95 bits per heavy atom. The predicted molar refractivity (Wildman–Crippen MR) is 78.4 cm³/mol. The minimum absolute atomic E-state index is 0.251. The van der Waals surface area contributed by atoms with Crippen LogP contribution in [0, 0.1) is 5.92 Å². The van der Waals surface area contributed by atoms with Crippen LogP contribution in [0.25, 0.3) is 0 Å². The molecule has 2 aliphatic rings. The van der Waals surface area contributed by atoms with E-state index in [1.54, 1.807) is 0 Å². The van der Waals surface area contributed by atoms with Crippen LogP contribution in [0.1, 0.15) is 50.4 Å². The fourth-order valence-corrected chi connectivity index (χ4v) is 2.75. The van der Waals surface area contributed by atoms with Gasteiger partial charge in [0.15, 0.2) is 5.78 Å². The Morgan fingerprint density at radius 3 is 2.50 bits per heavy atom. The van der Waals surface area contributed by atoms with Crippen LogP contribution in [-0.2, 0) is 11.2 Å². The molecule has 0 radical (unpaired) electrons. The van der Waals surface area contributed by atoms with Crippen LogP contribution in [-0.4, -0.2) is 29.9 Å². The predicted octanol–water partition coefficient (Wildman–Crippen LogP) is 3.16. The molecule has 1 heterocycles. The van der Waals surface area contributed by atoms with Crippen molar-refractivity contribution >= 4 is 5.78 Å². The van der Waals surface area contributed by atoms with Crippen molar-refractivity contribution in [1.29, 1.82) is 0 Å². The maximum absolute atomic E-state index is 11.3. The Morgan fingerprint density at radius 1 is 1.25 bits per heavy atom. The average Bonchev–Trinajstić information content (AvgIpc) is 3.06. The molecule has 2 aliphatic carbocycles. The van der Waals surface area contributed by atoms with Gasteiger partial charge in [-0.2, -0.15) is 0 Å². The van der Waals surface area contributed by atoms with E-state index in [-0.39, 0.29) is 5.92 Å². The van der Waals surface area contributed by atoms with E-state index >= 15 is 0 Å². The van der Waals surface area contributed by atoms with Crippen LogP contribution in [0.3, 0.4) is 0 Å². The highest BCUT2D eigenvalue weighted by atomic mass is 16.5. The van der Waals surface area contributed by atoms with Gasteiger partial charge in [0.05, 0.1) is 6.20 Å². The summed E-state index contributed by atoms with van der Waals surface area (Å²) in [7, 11) is 3.90. The third kappa shape index (κ3) is 3.30. The fourth-order valence-electron chi connectivity index (χ4n) is 2.75. The second-order valence-corrected chi connectivity index (χ2v) is 6.08. The number of hydrogen-bond acceptors (Lipinski definition) is 4. The normalized spacial score (nSPS) is 26.4. The van der Waals surface area contributed by atoms with Crippen molar-refractivity contribution in [3.8, 4) is 0 Å². The van der Waals surface area contributed by atoms with Gasteiger partial charge in [-0.15, -0.1) is 0 Å². The molecule has 1 aromatic rings. The first-order chi connectivity index (χ1) is 9.49. The number of fused-ring (bicyclic) bond motifs is 1. The van der Waals surface area contributed by atoms with Gasteiger partial charge < -0.3 is 9.42 Å². The quantitative estimate of drug-likeness (QED) is 0.739. The average molecular weight is 276 g/mol. The molecular formula is C16H24N2O2. The van der Waals surface area contributed by atoms with Crippen molar-refractivity contribution in [2.75, 3.05) is 14.1 Å². The van der Waals surface area contributed by atoms with Crippen molar-refractivity contribution in [2.45, 2.75) is 45.4 Å². The molecule has 20 heavy (non-hydrogen) atoms. The third-order valence-corrected chi connectivity index (χ3v) is 4.00. The molecule has 1 fully saturated rings. The minimum atomic E-state index is 0.251. The lowest BCUT2D eigenvalue weighted by atomic mass is 10.1. The summed E-state index contributed by atoms with van der Waals surface area (Å²) in [5, 5.41) is 3.72. The first kappa shape index (κ1) is 14.8. The molecule has 0 aliphatic heterocycles. The highest BCUT2D eigenvalue weighted by Gasteiger charge is 2.25. The largest absolute Gasteiger partial charge is 0.383 e. The summed E-state index contributed by atoms with van der Waals surface area (Å²) in [4.78, 5) is 13.3. The zero-order valence-electron chi connectivity index (χ0n) is 12.8. The van der Waals surface area contributed by atoms with Gasteiger partial charge in [-0.25, -0.2) is 0 Å². The molecule has 0 aromatic carbocycles. The lowest BCUT2D eigenvalue weighted by Gasteiger charge is -2.05. The van der Waals surface area contributed by atoms with Crippen LogP contribution >= 0.6 is 0 Å². The number of carbonyl (C=O) groups excluding carboxylic acids is 1. The van der Waals surface area contributed by atoms with E-state index < -0.39 is 0 Å². The second kappa shape index (κ2) is 6.25. The zero-order chi connectivity index (χ0) is 14.7. The van der Waals surface area contributed by atoms with Crippen LogP contribution in [0.5, 0.6) is 0 Å². The van der Waals surface area contributed by atoms with E-state index in [0.29, 0.717) is 11.7 Å². The van der Waals surface area contributed by atoms with E-state index in [2.05, 4.69) is 12.1 Å². The Balaban J connectivity index is 0.000000149. The van der Waals surface area contributed by atoms with Crippen molar-refractivity contribution in [3.05, 3.63) is 29.3 Å². The van der Waals surface area contributed by atoms with Crippen LogP contribution in [0.2, 0.25) is 0 Å². The number of rotatable bonds is 1. The Bertz CT molecular complexity index is 502. The summed E-state index contributed by atoms with van der Waals surface area (Å²) < 4.78 is 5.04. The third-order valence-electron chi connectivity index (χ3n) is 4.00. The van der Waals surface area contributed by atoms with Gasteiger partial charge in [-0.3, -0.25) is 4.79 Å². The number of aromatic nitrogens is 1. The molecule has 0 bridgehead atoms. The first-order valence-corrected chi connectivity index (χ1v) is 7.33. The van der Waals surface area contributed by atoms with Crippen LogP contribution in [0.15, 0.2) is 22.5 Å².